The van der Waals surface area contributed by atoms with Gasteiger partial charge in [0.25, 0.3) is 0 Å². The maximum atomic E-state index is 7.91. The molecule has 0 bridgehead atoms. The molecule has 1 fully saturated rings. The number of hydrogen-bond donors (Lipinski definition) is 2. The van der Waals surface area contributed by atoms with Gasteiger partial charge in [0.1, 0.15) is 5.84 Å². The molecule has 1 aliphatic rings. The van der Waals surface area contributed by atoms with Crippen molar-refractivity contribution in [2.75, 3.05) is 18.5 Å². The first kappa shape index (κ1) is 14.8. The average Bonchev–Trinajstić information content (AvgIpc) is 3.11. The van der Waals surface area contributed by atoms with Gasteiger partial charge >= 0.3 is 0 Å². The van der Waals surface area contributed by atoms with Crippen LogP contribution in [0.2, 0.25) is 0 Å². The van der Waals surface area contributed by atoms with Crippen molar-refractivity contribution in [1.82, 2.24) is 10.2 Å². The normalized spacial score (nSPS) is 20.8. The van der Waals surface area contributed by atoms with Gasteiger partial charge in [-0.25, -0.2) is 0 Å². The third kappa shape index (κ3) is 2.76. The van der Waals surface area contributed by atoms with E-state index in [0.29, 0.717) is 0 Å². The van der Waals surface area contributed by atoms with E-state index in [-0.39, 0.29) is 5.84 Å². The number of aromatic nitrogens is 2. The van der Waals surface area contributed by atoms with Crippen LogP contribution < -0.4 is 10.6 Å². The zero-order chi connectivity index (χ0) is 14.9. The van der Waals surface area contributed by atoms with Crippen LogP contribution in [0.15, 0.2) is 0 Å². The number of hydrogen-bond acceptors (Lipinski definition) is 4. The standard InChI is InChI=1S/C15H25N5/c1-5-11-12(6-2)18-19-15(13(11)14(16)17)20(4)8-10-7-9(10)3/h9-10H,5-8H2,1-4H3,(H3,16,17). The second-order valence-corrected chi connectivity index (χ2v) is 5.80. The van der Waals surface area contributed by atoms with E-state index in [2.05, 4.69) is 35.9 Å². The van der Waals surface area contributed by atoms with Gasteiger partial charge in [0.05, 0.1) is 11.3 Å². The molecule has 0 amide bonds. The van der Waals surface area contributed by atoms with Gasteiger partial charge in [-0.3, -0.25) is 5.41 Å². The Bertz CT molecular complexity index is 511. The molecule has 0 spiro atoms. The van der Waals surface area contributed by atoms with Crippen molar-refractivity contribution in [3.8, 4) is 0 Å². The Morgan fingerprint density at radius 1 is 1.35 bits per heavy atom. The summed E-state index contributed by atoms with van der Waals surface area (Å²) in [5.74, 6) is 2.38. The Kier molecular flexibility index (Phi) is 4.26. The van der Waals surface area contributed by atoms with Gasteiger partial charge < -0.3 is 10.6 Å². The maximum absolute atomic E-state index is 7.91. The van der Waals surface area contributed by atoms with E-state index in [9.17, 15) is 0 Å². The summed E-state index contributed by atoms with van der Waals surface area (Å²) >= 11 is 0. The predicted molar refractivity (Wildman–Crippen MR) is 82.3 cm³/mol. The quantitative estimate of drug-likeness (QED) is 0.614. The summed E-state index contributed by atoms with van der Waals surface area (Å²) in [5, 5.41) is 16.6. The zero-order valence-electron chi connectivity index (χ0n) is 12.9. The molecule has 0 radical (unpaired) electrons. The third-order valence-corrected chi connectivity index (χ3v) is 4.24. The molecule has 2 atom stereocenters. The first-order valence-corrected chi connectivity index (χ1v) is 7.43. The van der Waals surface area contributed by atoms with Crippen LogP contribution in [0.3, 0.4) is 0 Å². The van der Waals surface area contributed by atoms with Gasteiger partial charge in [0, 0.05) is 13.6 Å². The molecule has 0 aliphatic heterocycles. The minimum atomic E-state index is 0.0946. The molecule has 0 aromatic carbocycles. The summed E-state index contributed by atoms with van der Waals surface area (Å²) in [7, 11) is 2.02. The molecule has 1 aromatic heterocycles. The minimum absolute atomic E-state index is 0.0946. The fraction of sp³-hybridized carbons (Fsp3) is 0.667. The van der Waals surface area contributed by atoms with Crippen molar-refractivity contribution in [2.24, 2.45) is 17.6 Å². The van der Waals surface area contributed by atoms with E-state index in [0.717, 1.165) is 53.9 Å². The Labute approximate surface area is 121 Å². The SMILES string of the molecule is CCc1nnc(N(C)CC2CC2C)c(C(=N)N)c1CC. The summed E-state index contributed by atoms with van der Waals surface area (Å²) in [5.41, 5.74) is 8.61. The Balaban J connectivity index is 2.38. The summed E-state index contributed by atoms with van der Waals surface area (Å²) in [6.45, 7) is 7.37. The van der Waals surface area contributed by atoms with Crippen LogP contribution in [0.5, 0.6) is 0 Å². The summed E-state index contributed by atoms with van der Waals surface area (Å²) in [6, 6.07) is 0. The number of anilines is 1. The van der Waals surface area contributed by atoms with Gasteiger partial charge in [0.2, 0.25) is 0 Å². The maximum Gasteiger partial charge on any atom is 0.162 e. The van der Waals surface area contributed by atoms with Crippen molar-refractivity contribution < 1.29 is 0 Å². The Morgan fingerprint density at radius 3 is 2.45 bits per heavy atom. The smallest absolute Gasteiger partial charge is 0.162 e. The largest absolute Gasteiger partial charge is 0.384 e. The lowest BCUT2D eigenvalue weighted by Crippen LogP contribution is -2.28. The number of nitrogens with zero attached hydrogens (tertiary/aromatic N) is 3. The molecule has 20 heavy (non-hydrogen) atoms. The van der Waals surface area contributed by atoms with E-state index >= 15 is 0 Å². The molecule has 1 aromatic rings. The lowest BCUT2D eigenvalue weighted by molar-refractivity contribution is 0.710. The lowest BCUT2D eigenvalue weighted by Gasteiger charge is -2.23. The molecule has 3 N–H and O–H groups in total. The lowest BCUT2D eigenvalue weighted by atomic mass is 10.0. The van der Waals surface area contributed by atoms with Crippen molar-refractivity contribution in [3.05, 3.63) is 16.8 Å². The predicted octanol–water partition coefficient (Wildman–Crippen LogP) is 1.98. The Hall–Kier alpha value is -1.65. The van der Waals surface area contributed by atoms with Crippen LogP contribution in [-0.4, -0.2) is 29.6 Å². The van der Waals surface area contributed by atoms with Crippen LogP contribution in [0.1, 0.15) is 44.0 Å². The molecule has 2 unspecified atom stereocenters. The van der Waals surface area contributed by atoms with E-state index < -0.39 is 0 Å². The topological polar surface area (TPSA) is 78.9 Å². The highest BCUT2D eigenvalue weighted by atomic mass is 15.3. The average molecular weight is 275 g/mol. The monoisotopic (exact) mass is 275 g/mol. The van der Waals surface area contributed by atoms with Crippen molar-refractivity contribution >= 4 is 11.7 Å². The summed E-state index contributed by atoms with van der Waals surface area (Å²) in [6.07, 6.45) is 2.93. The van der Waals surface area contributed by atoms with Gasteiger partial charge in [-0.05, 0) is 36.7 Å². The van der Waals surface area contributed by atoms with Crippen molar-refractivity contribution in [2.45, 2.75) is 40.0 Å². The van der Waals surface area contributed by atoms with E-state index in [1.165, 1.54) is 6.42 Å². The number of aryl methyl sites for hydroxylation is 1. The molecular weight excluding hydrogens is 250 g/mol. The number of nitrogens with one attached hydrogen (secondary N) is 1. The van der Waals surface area contributed by atoms with Crippen LogP contribution in [0.25, 0.3) is 0 Å². The molecular formula is C15H25N5. The van der Waals surface area contributed by atoms with Crippen LogP contribution in [0, 0.1) is 17.2 Å². The van der Waals surface area contributed by atoms with Gasteiger partial charge in [-0.1, -0.05) is 20.8 Å². The highest BCUT2D eigenvalue weighted by Gasteiger charge is 2.34. The van der Waals surface area contributed by atoms with E-state index in [1.807, 2.05) is 7.05 Å². The molecule has 2 rings (SSSR count). The van der Waals surface area contributed by atoms with Gasteiger partial charge in [-0.2, -0.15) is 5.10 Å². The third-order valence-electron chi connectivity index (χ3n) is 4.24. The van der Waals surface area contributed by atoms with Gasteiger partial charge in [0.15, 0.2) is 5.82 Å². The Morgan fingerprint density at radius 2 is 2.00 bits per heavy atom. The first-order valence-electron chi connectivity index (χ1n) is 7.43. The number of amidine groups is 1. The van der Waals surface area contributed by atoms with Crippen molar-refractivity contribution in [1.29, 1.82) is 5.41 Å². The molecule has 1 aliphatic carbocycles. The summed E-state index contributed by atoms with van der Waals surface area (Å²) < 4.78 is 0. The van der Waals surface area contributed by atoms with Crippen LogP contribution in [-0.2, 0) is 12.8 Å². The highest BCUT2D eigenvalue weighted by molar-refractivity contribution is 6.01. The van der Waals surface area contributed by atoms with E-state index in [1.54, 1.807) is 0 Å². The minimum Gasteiger partial charge on any atom is -0.384 e. The molecule has 0 saturated heterocycles. The van der Waals surface area contributed by atoms with Gasteiger partial charge in [-0.15, -0.1) is 5.10 Å². The molecule has 110 valence electrons. The highest BCUT2D eigenvalue weighted by Crippen LogP contribution is 2.39. The first-order chi connectivity index (χ1) is 9.49. The molecule has 5 heteroatoms. The second-order valence-electron chi connectivity index (χ2n) is 5.80. The number of nitrogens with two attached hydrogens (primary N) is 1. The van der Waals surface area contributed by atoms with Crippen LogP contribution >= 0.6 is 0 Å². The number of nitrogen functional groups attached to an aromatic ring is 1. The molecule has 5 nitrogen and oxygen atoms in total. The zero-order valence-corrected chi connectivity index (χ0v) is 12.9. The molecule has 1 heterocycles. The molecule has 1 saturated carbocycles. The summed E-state index contributed by atoms with van der Waals surface area (Å²) in [4.78, 5) is 2.11. The van der Waals surface area contributed by atoms with E-state index in [4.69, 9.17) is 11.1 Å². The fourth-order valence-electron chi connectivity index (χ4n) is 2.80. The fourth-order valence-corrected chi connectivity index (χ4v) is 2.80. The number of rotatable bonds is 6. The van der Waals surface area contributed by atoms with Crippen molar-refractivity contribution in [3.63, 3.8) is 0 Å². The second kappa shape index (κ2) is 5.77. The van der Waals surface area contributed by atoms with Crippen LogP contribution in [0.4, 0.5) is 5.82 Å².